The largest absolute Gasteiger partial charge is 0.379 e. The minimum Gasteiger partial charge on any atom is -0.379 e. The van der Waals surface area contributed by atoms with E-state index in [0.717, 1.165) is 62.1 Å². The van der Waals surface area contributed by atoms with Gasteiger partial charge in [0.05, 0.1) is 37.7 Å². The van der Waals surface area contributed by atoms with Gasteiger partial charge in [-0.15, -0.1) is 0 Å². The van der Waals surface area contributed by atoms with Gasteiger partial charge in [-0.3, -0.25) is 0 Å². The lowest BCUT2D eigenvalue weighted by atomic mass is 10.0. The molecule has 0 fully saturated rings. The van der Waals surface area contributed by atoms with E-state index in [1.54, 1.807) is 0 Å². The average molecular weight is 561 g/mol. The Balaban J connectivity index is 1.76. The summed E-state index contributed by atoms with van der Waals surface area (Å²) >= 11 is 0. The van der Waals surface area contributed by atoms with Crippen LogP contribution in [0.3, 0.4) is 0 Å². The summed E-state index contributed by atoms with van der Waals surface area (Å²) in [7, 11) is 0. The van der Waals surface area contributed by atoms with E-state index in [2.05, 4.69) is 104 Å². The molecule has 0 heterocycles. The highest BCUT2D eigenvalue weighted by Gasteiger charge is 2.05. The standard InChI is InChI=1S/C35H52N4O2/c1-7-31-15-18-33(14-10-23-40-25-26-41-24-22-36-29(4)5)35(27-31)39-38-34-19-16-32(17-20-34)13-8-12-30(6)37-21-9-11-28(2)3/h15-20,27-29,36-37H,6-8,10,12-14,21-26H2,1-5H3. The third-order valence-corrected chi connectivity index (χ3v) is 6.43. The molecule has 224 valence electrons. The van der Waals surface area contributed by atoms with Gasteiger partial charge < -0.3 is 20.1 Å². The highest BCUT2D eigenvalue weighted by molar-refractivity contribution is 5.49. The van der Waals surface area contributed by atoms with Crippen LogP contribution in [0.25, 0.3) is 0 Å². The van der Waals surface area contributed by atoms with Crippen LogP contribution in [-0.4, -0.2) is 45.6 Å². The van der Waals surface area contributed by atoms with Gasteiger partial charge in [-0.25, -0.2) is 0 Å². The van der Waals surface area contributed by atoms with Crippen molar-refractivity contribution in [1.29, 1.82) is 0 Å². The summed E-state index contributed by atoms with van der Waals surface area (Å²) < 4.78 is 11.4. The second-order valence-corrected chi connectivity index (χ2v) is 10.9. The summed E-state index contributed by atoms with van der Waals surface area (Å²) in [6.07, 6.45) is 5.80. The average Bonchev–Trinajstić information content (AvgIpc) is 2.96. The molecule has 0 amide bonds. The molecule has 0 atom stereocenters. The maximum atomic E-state index is 5.77. The van der Waals surface area contributed by atoms with Crippen LogP contribution in [0.2, 0.25) is 0 Å². The fourth-order valence-electron chi connectivity index (χ4n) is 4.10. The molecule has 6 heteroatoms. The molecule has 41 heavy (non-hydrogen) atoms. The lowest BCUT2D eigenvalue weighted by molar-refractivity contribution is 0.0476. The Labute approximate surface area is 249 Å². The lowest BCUT2D eigenvalue weighted by Gasteiger charge is -2.10. The zero-order chi connectivity index (χ0) is 29.7. The van der Waals surface area contributed by atoms with Gasteiger partial charge in [0.15, 0.2) is 0 Å². The molecule has 0 aromatic heterocycles. The fraction of sp³-hybridized carbons (Fsp3) is 0.543. The number of nitrogens with one attached hydrogen (secondary N) is 2. The van der Waals surface area contributed by atoms with Gasteiger partial charge in [0.1, 0.15) is 0 Å². The van der Waals surface area contributed by atoms with E-state index in [1.165, 1.54) is 16.7 Å². The molecule has 2 aromatic carbocycles. The second-order valence-electron chi connectivity index (χ2n) is 10.9. The van der Waals surface area contributed by atoms with Crippen molar-refractivity contribution >= 4 is 11.4 Å². The second kappa shape index (κ2) is 20.8. The van der Waals surface area contributed by atoms with Crippen LogP contribution in [-0.2, 0) is 28.7 Å². The van der Waals surface area contributed by atoms with E-state index in [1.807, 2.05) is 12.1 Å². The van der Waals surface area contributed by atoms with Crippen molar-refractivity contribution in [3.8, 4) is 11.8 Å². The van der Waals surface area contributed by atoms with Crippen molar-refractivity contribution in [2.75, 3.05) is 39.5 Å². The molecule has 2 N–H and O–H groups in total. The summed E-state index contributed by atoms with van der Waals surface area (Å²) in [6.45, 7) is 19.0. The van der Waals surface area contributed by atoms with Crippen LogP contribution in [0.4, 0.5) is 11.4 Å². The normalized spacial score (nSPS) is 11.3. The number of hydrogen-bond acceptors (Lipinski definition) is 6. The first kappa shape index (κ1) is 34.2. The molecule has 0 aliphatic rings. The molecule has 0 saturated carbocycles. The minimum absolute atomic E-state index is 0.403. The van der Waals surface area contributed by atoms with Gasteiger partial charge in [0.2, 0.25) is 0 Å². The third-order valence-electron chi connectivity index (χ3n) is 6.43. The fourth-order valence-corrected chi connectivity index (χ4v) is 4.10. The smallest absolute Gasteiger partial charge is 0.0891 e. The van der Waals surface area contributed by atoms with Crippen LogP contribution < -0.4 is 10.6 Å². The SMILES string of the molecule is C=C(CCCc1ccc(N=Nc2cc(CC)ccc2CCCOCCOCCNC(C)C)cc1)NCC#CC(C)C. The Morgan fingerprint density at radius 1 is 0.878 bits per heavy atom. The summed E-state index contributed by atoms with van der Waals surface area (Å²) in [5, 5.41) is 15.8. The Hall–Kier alpha value is -2.98. The molecule has 0 aliphatic carbocycles. The summed E-state index contributed by atoms with van der Waals surface area (Å²) in [4.78, 5) is 0. The number of benzene rings is 2. The van der Waals surface area contributed by atoms with Crippen molar-refractivity contribution in [3.63, 3.8) is 0 Å². The number of allylic oxidation sites excluding steroid dienone is 1. The van der Waals surface area contributed by atoms with Crippen molar-refractivity contribution in [3.05, 3.63) is 71.4 Å². The molecular formula is C35H52N4O2. The Bertz CT molecular complexity index is 1100. The van der Waals surface area contributed by atoms with E-state index < -0.39 is 0 Å². The van der Waals surface area contributed by atoms with Crippen LogP contribution in [0.15, 0.2) is 65.0 Å². The number of nitrogens with zero attached hydrogens (tertiary/aromatic N) is 2. The van der Waals surface area contributed by atoms with E-state index >= 15 is 0 Å². The highest BCUT2D eigenvalue weighted by atomic mass is 16.5. The zero-order valence-electron chi connectivity index (χ0n) is 26.1. The van der Waals surface area contributed by atoms with Gasteiger partial charge in [0.25, 0.3) is 0 Å². The summed E-state index contributed by atoms with van der Waals surface area (Å²) in [5.74, 6) is 6.70. The van der Waals surface area contributed by atoms with Crippen LogP contribution in [0.1, 0.15) is 70.6 Å². The molecule has 0 spiro atoms. The summed E-state index contributed by atoms with van der Waals surface area (Å²) in [6, 6.07) is 15.4. The number of azo groups is 1. The van der Waals surface area contributed by atoms with Crippen molar-refractivity contribution in [1.82, 2.24) is 10.6 Å². The third kappa shape index (κ3) is 16.2. The molecule has 2 rings (SSSR count). The first-order valence-corrected chi connectivity index (χ1v) is 15.3. The molecule has 0 unspecified atom stereocenters. The lowest BCUT2D eigenvalue weighted by Crippen LogP contribution is -2.27. The topological polar surface area (TPSA) is 67.2 Å². The van der Waals surface area contributed by atoms with Gasteiger partial charge in [-0.2, -0.15) is 10.2 Å². The molecule has 6 nitrogen and oxygen atoms in total. The molecular weight excluding hydrogens is 508 g/mol. The van der Waals surface area contributed by atoms with Gasteiger partial charge >= 0.3 is 0 Å². The van der Waals surface area contributed by atoms with Crippen molar-refractivity contribution in [2.24, 2.45) is 16.1 Å². The predicted molar refractivity (Wildman–Crippen MR) is 172 cm³/mol. The van der Waals surface area contributed by atoms with Crippen LogP contribution in [0, 0.1) is 17.8 Å². The van der Waals surface area contributed by atoms with Crippen LogP contribution in [0.5, 0.6) is 0 Å². The Morgan fingerprint density at radius 2 is 1.61 bits per heavy atom. The maximum Gasteiger partial charge on any atom is 0.0891 e. The zero-order valence-corrected chi connectivity index (χ0v) is 26.1. The van der Waals surface area contributed by atoms with Crippen molar-refractivity contribution < 1.29 is 9.47 Å². The predicted octanol–water partition coefficient (Wildman–Crippen LogP) is 7.71. The maximum absolute atomic E-state index is 5.77. The van der Waals surface area contributed by atoms with Crippen LogP contribution >= 0.6 is 0 Å². The number of hydrogen-bond donors (Lipinski definition) is 2. The number of aryl methyl sites for hydroxylation is 3. The highest BCUT2D eigenvalue weighted by Crippen LogP contribution is 2.26. The summed E-state index contributed by atoms with van der Waals surface area (Å²) in [5.41, 5.74) is 6.61. The molecule has 0 saturated heterocycles. The Kier molecular flexibility index (Phi) is 17.4. The number of rotatable bonds is 20. The molecule has 2 aromatic rings. The van der Waals surface area contributed by atoms with Gasteiger partial charge in [-0.1, -0.05) is 77.3 Å². The van der Waals surface area contributed by atoms with E-state index in [4.69, 9.17) is 9.47 Å². The first-order chi connectivity index (χ1) is 19.9. The molecule has 0 aliphatic heterocycles. The van der Waals surface area contributed by atoms with Gasteiger partial charge in [0, 0.05) is 30.8 Å². The van der Waals surface area contributed by atoms with E-state index in [-0.39, 0.29) is 0 Å². The minimum atomic E-state index is 0.403. The number of ether oxygens (including phenoxy) is 2. The van der Waals surface area contributed by atoms with E-state index in [0.29, 0.717) is 44.9 Å². The molecule has 0 radical (unpaired) electrons. The monoisotopic (exact) mass is 560 g/mol. The first-order valence-electron chi connectivity index (χ1n) is 15.3. The van der Waals surface area contributed by atoms with Crippen molar-refractivity contribution in [2.45, 2.75) is 79.2 Å². The molecule has 0 bridgehead atoms. The van der Waals surface area contributed by atoms with Gasteiger partial charge in [-0.05, 0) is 73.4 Å². The quantitative estimate of drug-likeness (QED) is 0.0989. The van der Waals surface area contributed by atoms with E-state index in [9.17, 15) is 0 Å². The Morgan fingerprint density at radius 3 is 2.32 bits per heavy atom.